The Bertz CT molecular complexity index is 512. The second kappa shape index (κ2) is 9.55. The van der Waals surface area contributed by atoms with Crippen molar-refractivity contribution in [3.63, 3.8) is 0 Å². The minimum atomic E-state index is -0.596. The highest BCUT2D eigenvalue weighted by Crippen LogP contribution is 2.22. The number of carbonyl (C=O) groups is 2. The molecule has 0 aromatic heterocycles. The Morgan fingerprint density at radius 3 is 2.22 bits per heavy atom. The van der Waals surface area contributed by atoms with Gasteiger partial charge >= 0.3 is 6.03 Å². The fourth-order valence-electron chi connectivity index (χ4n) is 1.87. The molecule has 0 heterocycles. The summed E-state index contributed by atoms with van der Waals surface area (Å²) in [6.45, 7) is 4.49. The van der Waals surface area contributed by atoms with Crippen LogP contribution in [0.5, 0.6) is 11.5 Å². The van der Waals surface area contributed by atoms with E-state index in [1.165, 1.54) is 0 Å². The predicted octanol–water partition coefficient (Wildman–Crippen LogP) is 1.42. The van der Waals surface area contributed by atoms with Crippen molar-refractivity contribution in [1.29, 1.82) is 0 Å². The summed E-state index contributed by atoms with van der Waals surface area (Å²) < 4.78 is 10.4. The van der Waals surface area contributed by atoms with E-state index in [9.17, 15) is 9.59 Å². The van der Waals surface area contributed by atoms with Gasteiger partial charge in [-0.15, -0.1) is 0 Å². The third kappa shape index (κ3) is 6.46. The number of carbonyl (C=O) groups excluding carboxylic acids is 2. The maximum atomic E-state index is 11.8. The van der Waals surface area contributed by atoms with Gasteiger partial charge in [0.05, 0.1) is 14.2 Å². The molecule has 128 valence electrons. The summed E-state index contributed by atoms with van der Waals surface area (Å²) in [7, 11) is 3.13. The number of urea groups is 1. The van der Waals surface area contributed by atoms with Gasteiger partial charge in [-0.05, 0) is 31.0 Å². The molecule has 23 heavy (non-hydrogen) atoms. The molecule has 0 spiro atoms. The number of hydrogen-bond acceptors (Lipinski definition) is 4. The summed E-state index contributed by atoms with van der Waals surface area (Å²) in [6, 6.07) is 4.36. The summed E-state index contributed by atoms with van der Waals surface area (Å²) in [5.41, 5.74) is 0.833. The van der Waals surface area contributed by atoms with Crippen molar-refractivity contribution in [3.8, 4) is 11.5 Å². The first-order valence-electron chi connectivity index (χ1n) is 7.54. The van der Waals surface area contributed by atoms with Gasteiger partial charge in [0.1, 0.15) is 17.5 Å². The molecule has 0 fully saturated rings. The van der Waals surface area contributed by atoms with E-state index in [2.05, 4.69) is 16.0 Å². The Hall–Kier alpha value is -2.44. The van der Waals surface area contributed by atoms with E-state index < -0.39 is 12.1 Å². The molecule has 0 unspecified atom stereocenters. The first-order valence-corrected chi connectivity index (χ1v) is 7.54. The molecule has 3 N–H and O–H groups in total. The fourth-order valence-corrected chi connectivity index (χ4v) is 1.87. The molecule has 1 atom stereocenters. The number of methoxy groups -OCH3 is 2. The average Bonchev–Trinajstić information content (AvgIpc) is 2.57. The molecule has 1 aromatic rings. The Kier molecular flexibility index (Phi) is 7.73. The monoisotopic (exact) mass is 323 g/mol. The molecule has 1 rings (SSSR count). The van der Waals surface area contributed by atoms with Gasteiger partial charge in [-0.1, -0.05) is 6.92 Å². The molecular weight excluding hydrogens is 298 g/mol. The lowest BCUT2D eigenvalue weighted by Gasteiger charge is -2.15. The van der Waals surface area contributed by atoms with Gasteiger partial charge in [0, 0.05) is 19.2 Å². The van der Waals surface area contributed by atoms with E-state index in [0.29, 0.717) is 24.6 Å². The highest BCUT2D eigenvalue weighted by Gasteiger charge is 2.14. The topological polar surface area (TPSA) is 88.7 Å². The van der Waals surface area contributed by atoms with Gasteiger partial charge in [-0.2, -0.15) is 0 Å². The van der Waals surface area contributed by atoms with E-state index in [-0.39, 0.29) is 5.91 Å². The van der Waals surface area contributed by atoms with Gasteiger partial charge in [0.15, 0.2) is 0 Å². The van der Waals surface area contributed by atoms with Crippen molar-refractivity contribution < 1.29 is 19.1 Å². The maximum absolute atomic E-state index is 11.8. The van der Waals surface area contributed by atoms with Gasteiger partial charge in [-0.25, -0.2) is 4.79 Å². The molecular formula is C16H25N3O4. The maximum Gasteiger partial charge on any atom is 0.315 e. The molecule has 0 aliphatic carbocycles. The zero-order chi connectivity index (χ0) is 17.2. The number of amides is 3. The van der Waals surface area contributed by atoms with Crippen LogP contribution in [0.1, 0.15) is 25.8 Å². The number of hydrogen-bond donors (Lipinski definition) is 3. The van der Waals surface area contributed by atoms with E-state index in [4.69, 9.17) is 9.47 Å². The molecule has 0 aliphatic heterocycles. The largest absolute Gasteiger partial charge is 0.497 e. The summed E-state index contributed by atoms with van der Waals surface area (Å²) in [5.74, 6) is 1.09. The van der Waals surface area contributed by atoms with E-state index in [0.717, 1.165) is 12.0 Å². The quantitative estimate of drug-likeness (QED) is 0.675. The SMILES string of the molecule is CCCNC(=O)[C@H](C)NC(=O)NCc1cc(OC)cc(OC)c1. The Balaban J connectivity index is 2.51. The average molecular weight is 323 g/mol. The summed E-state index contributed by atoms with van der Waals surface area (Å²) in [4.78, 5) is 23.5. The minimum Gasteiger partial charge on any atom is -0.497 e. The van der Waals surface area contributed by atoms with Gasteiger partial charge in [-0.3, -0.25) is 4.79 Å². The van der Waals surface area contributed by atoms with E-state index in [1.807, 2.05) is 6.92 Å². The van der Waals surface area contributed by atoms with Crippen molar-refractivity contribution >= 4 is 11.9 Å². The van der Waals surface area contributed by atoms with Crippen LogP contribution in [0, 0.1) is 0 Å². The zero-order valence-corrected chi connectivity index (χ0v) is 14.1. The van der Waals surface area contributed by atoms with E-state index >= 15 is 0 Å². The molecule has 3 amide bonds. The van der Waals surface area contributed by atoms with Crippen LogP contribution in [0.4, 0.5) is 4.79 Å². The second-order valence-electron chi connectivity index (χ2n) is 5.06. The van der Waals surface area contributed by atoms with Crippen molar-refractivity contribution in [2.45, 2.75) is 32.9 Å². The van der Waals surface area contributed by atoms with Crippen LogP contribution in [0.25, 0.3) is 0 Å². The van der Waals surface area contributed by atoms with Crippen molar-refractivity contribution in [2.24, 2.45) is 0 Å². The predicted molar refractivity (Wildman–Crippen MR) is 87.7 cm³/mol. The molecule has 7 heteroatoms. The third-order valence-corrected chi connectivity index (χ3v) is 3.15. The highest BCUT2D eigenvalue weighted by molar-refractivity contribution is 5.86. The normalized spacial score (nSPS) is 11.3. The molecule has 0 bridgehead atoms. The van der Waals surface area contributed by atoms with Crippen LogP contribution in [0.3, 0.4) is 0 Å². The number of nitrogens with one attached hydrogen (secondary N) is 3. The standard InChI is InChI=1S/C16H25N3O4/c1-5-6-17-15(20)11(2)19-16(21)18-10-12-7-13(22-3)9-14(8-12)23-4/h7-9,11H,5-6,10H2,1-4H3,(H,17,20)(H2,18,19,21)/t11-/m0/s1. The Morgan fingerprint density at radius 1 is 1.09 bits per heavy atom. The molecule has 0 saturated heterocycles. The zero-order valence-electron chi connectivity index (χ0n) is 14.1. The smallest absolute Gasteiger partial charge is 0.315 e. The van der Waals surface area contributed by atoms with Gasteiger partial charge in [0.25, 0.3) is 0 Å². The first kappa shape index (κ1) is 18.6. The van der Waals surface area contributed by atoms with Crippen LogP contribution in [0.2, 0.25) is 0 Å². The number of benzene rings is 1. The lowest BCUT2D eigenvalue weighted by Crippen LogP contribution is -2.48. The Labute approximate surface area is 136 Å². The van der Waals surface area contributed by atoms with Crippen LogP contribution in [-0.2, 0) is 11.3 Å². The lowest BCUT2D eigenvalue weighted by atomic mass is 10.2. The molecule has 1 aromatic carbocycles. The van der Waals surface area contributed by atoms with Crippen LogP contribution >= 0.6 is 0 Å². The third-order valence-electron chi connectivity index (χ3n) is 3.15. The van der Waals surface area contributed by atoms with Crippen LogP contribution in [-0.4, -0.2) is 38.7 Å². The number of rotatable bonds is 8. The summed E-state index contributed by atoms with van der Waals surface area (Å²) in [5, 5.41) is 8.02. The summed E-state index contributed by atoms with van der Waals surface area (Å²) >= 11 is 0. The van der Waals surface area contributed by atoms with Gasteiger partial charge in [0.2, 0.25) is 5.91 Å². The molecule has 0 saturated carbocycles. The highest BCUT2D eigenvalue weighted by atomic mass is 16.5. The van der Waals surface area contributed by atoms with Crippen molar-refractivity contribution in [3.05, 3.63) is 23.8 Å². The van der Waals surface area contributed by atoms with Crippen molar-refractivity contribution in [2.75, 3.05) is 20.8 Å². The van der Waals surface area contributed by atoms with Crippen LogP contribution < -0.4 is 25.4 Å². The van der Waals surface area contributed by atoms with Gasteiger partial charge < -0.3 is 25.4 Å². The van der Waals surface area contributed by atoms with Crippen molar-refractivity contribution in [1.82, 2.24) is 16.0 Å². The molecule has 0 aliphatic rings. The second-order valence-corrected chi connectivity index (χ2v) is 5.06. The van der Waals surface area contributed by atoms with E-state index in [1.54, 1.807) is 39.3 Å². The minimum absolute atomic E-state index is 0.204. The number of ether oxygens (including phenoxy) is 2. The van der Waals surface area contributed by atoms with Crippen LogP contribution in [0.15, 0.2) is 18.2 Å². The Morgan fingerprint density at radius 2 is 1.70 bits per heavy atom. The summed E-state index contributed by atoms with van der Waals surface area (Å²) in [6.07, 6.45) is 0.850. The fraction of sp³-hybridized carbons (Fsp3) is 0.500. The molecule has 0 radical (unpaired) electrons. The lowest BCUT2D eigenvalue weighted by molar-refractivity contribution is -0.122. The molecule has 7 nitrogen and oxygen atoms in total. The first-order chi connectivity index (χ1) is 11.0.